The Labute approximate surface area is 136 Å². The summed E-state index contributed by atoms with van der Waals surface area (Å²) in [6.07, 6.45) is 1.57. The molecule has 0 bridgehead atoms. The minimum Gasteiger partial charge on any atom is -0.494 e. The van der Waals surface area contributed by atoms with Crippen LogP contribution in [0.2, 0.25) is 0 Å². The van der Waals surface area contributed by atoms with Gasteiger partial charge in [-0.15, -0.1) is 0 Å². The van der Waals surface area contributed by atoms with Crippen molar-refractivity contribution in [1.29, 1.82) is 0 Å². The minimum atomic E-state index is -0.336. The lowest BCUT2D eigenvalue weighted by molar-refractivity contribution is -0.142. The number of hydrogen-bond donors (Lipinski definition) is 0. The molecule has 1 unspecified atom stereocenters. The highest BCUT2D eigenvalue weighted by molar-refractivity contribution is 5.81. The molecule has 2 aliphatic heterocycles. The molecule has 5 nitrogen and oxygen atoms in total. The molecule has 0 aliphatic carbocycles. The number of benzene rings is 1. The van der Waals surface area contributed by atoms with Gasteiger partial charge >= 0.3 is 0 Å². The van der Waals surface area contributed by atoms with Crippen molar-refractivity contribution >= 4 is 5.91 Å². The van der Waals surface area contributed by atoms with E-state index in [1.807, 2.05) is 11.0 Å². The third-order valence-electron chi connectivity index (χ3n) is 4.51. The highest BCUT2D eigenvalue weighted by Gasteiger charge is 2.30. The van der Waals surface area contributed by atoms with E-state index >= 15 is 0 Å². The van der Waals surface area contributed by atoms with E-state index in [-0.39, 0.29) is 23.6 Å². The number of methoxy groups -OCH3 is 1. The lowest BCUT2D eigenvalue weighted by atomic mass is 10.1. The van der Waals surface area contributed by atoms with Crippen LogP contribution in [0.5, 0.6) is 5.75 Å². The minimum absolute atomic E-state index is 0.123. The molecule has 1 aromatic rings. The third kappa shape index (κ3) is 3.82. The molecule has 0 spiro atoms. The first-order chi connectivity index (χ1) is 11.2. The van der Waals surface area contributed by atoms with Crippen LogP contribution >= 0.6 is 0 Å². The smallest absolute Gasteiger partial charge is 0.251 e. The standard InChI is InChI=1S/C17H23FN2O3/c1-22-15-5-4-13(11-14(15)18)12-19-6-8-20(9-7-19)17(21)16-3-2-10-23-16/h4-5,11,16H,2-3,6-10,12H2,1H3. The van der Waals surface area contributed by atoms with Crippen molar-refractivity contribution in [3.8, 4) is 5.75 Å². The molecular weight excluding hydrogens is 299 g/mol. The summed E-state index contributed by atoms with van der Waals surface area (Å²) in [6.45, 7) is 4.38. The van der Waals surface area contributed by atoms with Crippen molar-refractivity contribution < 1.29 is 18.7 Å². The Balaban J connectivity index is 1.51. The van der Waals surface area contributed by atoms with Crippen LogP contribution < -0.4 is 4.74 Å². The molecule has 1 aromatic carbocycles. The fraction of sp³-hybridized carbons (Fsp3) is 0.588. The van der Waals surface area contributed by atoms with Gasteiger partial charge in [0, 0.05) is 39.3 Å². The second-order valence-corrected chi connectivity index (χ2v) is 6.07. The van der Waals surface area contributed by atoms with E-state index in [0.717, 1.165) is 31.5 Å². The average Bonchev–Trinajstić information content (AvgIpc) is 3.09. The Morgan fingerprint density at radius 3 is 2.74 bits per heavy atom. The Hall–Kier alpha value is -1.66. The molecule has 1 amide bonds. The van der Waals surface area contributed by atoms with Gasteiger partial charge in [0.25, 0.3) is 5.91 Å². The molecule has 0 radical (unpaired) electrons. The summed E-state index contributed by atoms with van der Waals surface area (Å²) in [5, 5.41) is 0. The van der Waals surface area contributed by atoms with Crippen LogP contribution in [0.3, 0.4) is 0 Å². The number of piperazine rings is 1. The van der Waals surface area contributed by atoms with E-state index in [9.17, 15) is 9.18 Å². The number of hydrogen-bond acceptors (Lipinski definition) is 4. The van der Waals surface area contributed by atoms with Crippen LogP contribution in [0.25, 0.3) is 0 Å². The first-order valence-electron chi connectivity index (χ1n) is 8.12. The lowest BCUT2D eigenvalue weighted by Gasteiger charge is -2.35. The molecule has 2 saturated heterocycles. The van der Waals surface area contributed by atoms with Gasteiger partial charge in [-0.05, 0) is 30.5 Å². The maximum Gasteiger partial charge on any atom is 0.251 e. The summed E-state index contributed by atoms with van der Waals surface area (Å²) in [5.74, 6) is 0.0515. The van der Waals surface area contributed by atoms with Gasteiger partial charge in [-0.2, -0.15) is 0 Å². The van der Waals surface area contributed by atoms with Crippen molar-refractivity contribution in [2.75, 3.05) is 39.9 Å². The van der Waals surface area contributed by atoms with Gasteiger partial charge in [0.1, 0.15) is 6.10 Å². The number of amides is 1. The third-order valence-corrected chi connectivity index (χ3v) is 4.51. The Kier molecular flexibility index (Phi) is 5.13. The zero-order valence-corrected chi connectivity index (χ0v) is 13.5. The highest BCUT2D eigenvalue weighted by Crippen LogP contribution is 2.20. The Morgan fingerprint density at radius 2 is 2.13 bits per heavy atom. The summed E-state index contributed by atoms with van der Waals surface area (Å²) in [7, 11) is 1.46. The highest BCUT2D eigenvalue weighted by atomic mass is 19.1. The first kappa shape index (κ1) is 16.2. The normalized spacial score (nSPS) is 22.3. The van der Waals surface area contributed by atoms with E-state index in [1.165, 1.54) is 13.2 Å². The summed E-state index contributed by atoms with van der Waals surface area (Å²) in [4.78, 5) is 16.4. The summed E-state index contributed by atoms with van der Waals surface area (Å²) in [6, 6.07) is 5.05. The topological polar surface area (TPSA) is 42.0 Å². The van der Waals surface area contributed by atoms with Gasteiger partial charge in [-0.1, -0.05) is 6.07 Å². The summed E-state index contributed by atoms with van der Waals surface area (Å²) < 4.78 is 24.1. The van der Waals surface area contributed by atoms with Gasteiger partial charge < -0.3 is 14.4 Å². The number of carbonyl (C=O) groups is 1. The SMILES string of the molecule is COc1ccc(CN2CCN(C(=O)C3CCCO3)CC2)cc1F. The average molecular weight is 322 g/mol. The number of carbonyl (C=O) groups excluding carboxylic acids is 1. The van der Waals surface area contributed by atoms with Crippen LogP contribution in [0, 0.1) is 5.82 Å². The molecule has 23 heavy (non-hydrogen) atoms. The van der Waals surface area contributed by atoms with E-state index in [0.29, 0.717) is 26.2 Å². The van der Waals surface area contributed by atoms with Crippen molar-refractivity contribution in [2.45, 2.75) is 25.5 Å². The van der Waals surface area contributed by atoms with Gasteiger partial charge in [-0.25, -0.2) is 4.39 Å². The largest absolute Gasteiger partial charge is 0.494 e. The summed E-state index contributed by atoms with van der Waals surface area (Å²) >= 11 is 0. The lowest BCUT2D eigenvalue weighted by Crippen LogP contribution is -2.51. The monoisotopic (exact) mass is 322 g/mol. The van der Waals surface area contributed by atoms with Crippen molar-refractivity contribution in [3.05, 3.63) is 29.6 Å². The number of rotatable bonds is 4. The quantitative estimate of drug-likeness (QED) is 0.845. The van der Waals surface area contributed by atoms with Gasteiger partial charge in [0.2, 0.25) is 0 Å². The molecular formula is C17H23FN2O3. The number of ether oxygens (including phenoxy) is 2. The Bertz CT molecular complexity index is 553. The molecule has 126 valence electrons. The molecule has 2 heterocycles. The van der Waals surface area contributed by atoms with Gasteiger partial charge in [0.05, 0.1) is 7.11 Å². The predicted molar refractivity (Wildman–Crippen MR) is 83.8 cm³/mol. The Morgan fingerprint density at radius 1 is 1.35 bits per heavy atom. The van der Waals surface area contributed by atoms with E-state index < -0.39 is 0 Å². The molecule has 0 N–H and O–H groups in total. The predicted octanol–water partition coefficient (Wildman–Crippen LogP) is 1.66. The molecule has 6 heteroatoms. The fourth-order valence-corrected chi connectivity index (χ4v) is 3.17. The maximum absolute atomic E-state index is 13.7. The van der Waals surface area contributed by atoms with Gasteiger partial charge in [-0.3, -0.25) is 9.69 Å². The van der Waals surface area contributed by atoms with Crippen molar-refractivity contribution in [1.82, 2.24) is 9.80 Å². The molecule has 1 atom stereocenters. The van der Waals surface area contributed by atoms with Crippen molar-refractivity contribution in [3.63, 3.8) is 0 Å². The number of halogens is 1. The zero-order chi connectivity index (χ0) is 16.2. The number of nitrogens with zero attached hydrogens (tertiary/aromatic N) is 2. The first-order valence-corrected chi connectivity index (χ1v) is 8.12. The zero-order valence-electron chi connectivity index (χ0n) is 13.5. The molecule has 2 fully saturated rings. The van der Waals surface area contributed by atoms with Crippen LogP contribution in [0.15, 0.2) is 18.2 Å². The summed E-state index contributed by atoms with van der Waals surface area (Å²) in [5.41, 5.74) is 0.919. The van der Waals surface area contributed by atoms with Crippen LogP contribution in [-0.4, -0.2) is 61.7 Å². The molecule has 0 aromatic heterocycles. The van der Waals surface area contributed by atoms with E-state index in [2.05, 4.69) is 4.90 Å². The van der Waals surface area contributed by atoms with Crippen LogP contribution in [0.4, 0.5) is 4.39 Å². The second-order valence-electron chi connectivity index (χ2n) is 6.07. The van der Waals surface area contributed by atoms with E-state index in [1.54, 1.807) is 6.07 Å². The maximum atomic E-state index is 13.7. The second kappa shape index (κ2) is 7.27. The van der Waals surface area contributed by atoms with Crippen LogP contribution in [-0.2, 0) is 16.1 Å². The van der Waals surface area contributed by atoms with E-state index in [4.69, 9.17) is 9.47 Å². The molecule has 2 aliphatic rings. The molecule has 3 rings (SSSR count). The van der Waals surface area contributed by atoms with Crippen LogP contribution in [0.1, 0.15) is 18.4 Å². The molecule has 0 saturated carbocycles. The van der Waals surface area contributed by atoms with Crippen molar-refractivity contribution in [2.24, 2.45) is 0 Å². The van der Waals surface area contributed by atoms with Gasteiger partial charge in [0.15, 0.2) is 11.6 Å². The fourth-order valence-electron chi connectivity index (χ4n) is 3.17.